The van der Waals surface area contributed by atoms with Gasteiger partial charge in [-0.2, -0.15) is 0 Å². The van der Waals surface area contributed by atoms with Crippen molar-refractivity contribution in [1.29, 1.82) is 0 Å². The topological polar surface area (TPSA) is 45.5 Å². The average molecular weight is 264 g/mol. The van der Waals surface area contributed by atoms with Gasteiger partial charge in [-0.25, -0.2) is 0 Å². The molecule has 0 radical (unpaired) electrons. The predicted molar refractivity (Wildman–Crippen MR) is 74.9 cm³/mol. The molecule has 4 nitrogen and oxygen atoms in total. The van der Waals surface area contributed by atoms with Gasteiger partial charge in [-0.3, -0.25) is 4.79 Å². The van der Waals surface area contributed by atoms with Gasteiger partial charge in [0.15, 0.2) is 0 Å². The first-order valence-electron chi connectivity index (χ1n) is 7.30. The molecule has 0 spiro atoms. The Balaban J connectivity index is 2.10. The lowest BCUT2D eigenvalue weighted by Gasteiger charge is -2.18. The SMILES string of the molecule is CCN(CC)C(=O)Cn1cc2c(c1)C(O)CCCC2. The quantitative estimate of drug-likeness (QED) is 0.847. The van der Waals surface area contributed by atoms with E-state index in [0.29, 0.717) is 6.54 Å². The number of carbonyl (C=O) groups is 1. The summed E-state index contributed by atoms with van der Waals surface area (Å²) in [4.78, 5) is 13.9. The van der Waals surface area contributed by atoms with E-state index in [2.05, 4.69) is 0 Å². The zero-order chi connectivity index (χ0) is 13.8. The molecule has 1 atom stereocenters. The molecule has 0 saturated carbocycles. The monoisotopic (exact) mass is 264 g/mol. The number of hydrogen-bond donors (Lipinski definition) is 1. The van der Waals surface area contributed by atoms with Crippen LogP contribution in [0.5, 0.6) is 0 Å². The summed E-state index contributed by atoms with van der Waals surface area (Å²) in [6, 6.07) is 0. The third-order valence-corrected chi connectivity index (χ3v) is 3.96. The van der Waals surface area contributed by atoms with Gasteiger partial charge in [-0.1, -0.05) is 6.42 Å². The number of rotatable bonds is 4. The van der Waals surface area contributed by atoms with Gasteiger partial charge in [0.2, 0.25) is 5.91 Å². The Labute approximate surface area is 115 Å². The Hall–Kier alpha value is -1.29. The first-order valence-corrected chi connectivity index (χ1v) is 7.30. The highest BCUT2D eigenvalue weighted by molar-refractivity contribution is 5.76. The average Bonchev–Trinajstić information content (AvgIpc) is 2.71. The van der Waals surface area contributed by atoms with Gasteiger partial charge >= 0.3 is 0 Å². The fourth-order valence-corrected chi connectivity index (χ4v) is 2.81. The van der Waals surface area contributed by atoms with Gasteiger partial charge in [-0.05, 0) is 38.7 Å². The molecule has 4 heteroatoms. The summed E-state index contributed by atoms with van der Waals surface area (Å²) in [6.07, 6.45) is 7.67. The maximum absolute atomic E-state index is 12.1. The molecule has 0 bridgehead atoms. The smallest absolute Gasteiger partial charge is 0.242 e. The molecule has 0 saturated heterocycles. The number of aryl methyl sites for hydroxylation is 1. The van der Waals surface area contributed by atoms with Gasteiger partial charge < -0.3 is 14.6 Å². The van der Waals surface area contributed by atoms with Crippen LogP contribution in [0.1, 0.15) is 50.3 Å². The Morgan fingerprint density at radius 2 is 2.11 bits per heavy atom. The van der Waals surface area contributed by atoms with Gasteiger partial charge in [0.25, 0.3) is 0 Å². The lowest BCUT2D eigenvalue weighted by atomic mass is 10.1. The number of aromatic nitrogens is 1. The summed E-state index contributed by atoms with van der Waals surface area (Å²) in [5.74, 6) is 0.143. The maximum Gasteiger partial charge on any atom is 0.242 e. The summed E-state index contributed by atoms with van der Waals surface area (Å²) >= 11 is 0. The molecule has 1 heterocycles. The van der Waals surface area contributed by atoms with Crippen LogP contribution in [0.25, 0.3) is 0 Å². The normalized spacial score (nSPS) is 18.8. The van der Waals surface area contributed by atoms with Crippen LogP contribution < -0.4 is 0 Å². The standard InChI is InChI=1S/C15H24N2O2/c1-3-17(4-2)15(19)11-16-9-12-7-5-6-8-14(18)13(12)10-16/h9-10,14,18H,3-8,11H2,1-2H3. The van der Waals surface area contributed by atoms with Crippen LogP contribution in [0.4, 0.5) is 0 Å². The van der Waals surface area contributed by atoms with Crippen LogP contribution in [0.3, 0.4) is 0 Å². The number of likely N-dealkylation sites (N-methyl/N-ethyl adjacent to an activating group) is 1. The second-order valence-electron chi connectivity index (χ2n) is 5.24. The molecular formula is C15H24N2O2. The molecule has 1 aromatic rings. The Morgan fingerprint density at radius 3 is 2.79 bits per heavy atom. The Morgan fingerprint density at radius 1 is 1.37 bits per heavy atom. The fourth-order valence-electron chi connectivity index (χ4n) is 2.81. The van der Waals surface area contributed by atoms with Crippen molar-refractivity contribution in [3.05, 3.63) is 23.5 Å². The van der Waals surface area contributed by atoms with Crippen molar-refractivity contribution in [2.75, 3.05) is 13.1 Å². The number of fused-ring (bicyclic) bond motifs is 1. The van der Waals surface area contributed by atoms with Crippen LogP contribution in [0.15, 0.2) is 12.4 Å². The van der Waals surface area contributed by atoms with Crippen molar-refractivity contribution >= 4 is 5.91 Å². The van der Waals surface area contributed by atoms with E-state index in [1.165, 1.54) is 5.56 Å². The zero-order valence-corrected chi connectivity index (χ0v) is 11.9. The second-order valence-corrected chi connectivity index (χ2v) is 5.24. The summed E-state index contributed by atoms with van der Waals surface area (Å²) in [7, 11) is 0. The second kappa shape index (κ2) is 6.24. The summed E-state index contributed by atoms with van der Waals surface area (Å²) < 4.78 is 1.93. The van der Waals surface area contributed by atoms with E-state index in [1.807, 2.05) is 35.7 Å². The van der Waals surface area contributed by atoms with Gasteiger partial charge in [0.05, 0.1) is 6.10 Å². The highest BCUT2D eigenvalue weighted by Crippen LogP contribution is 2.29. The summed E-state index contributed by atoms with van der Waals surface area (Å²) in [5, 5.41) is 10.1. The number of nitrogens with zero attached hydrogens (tertiary/aromatic N) is 2. The van der Waals surface area contributed by atoms with E-state index in [0.717, 1.165) is 44.3 Å². The number of hydrogen-bond acceptors (Lipinski definition) is 2. The first-order chi connectivity index (χ1) is 9.15. The van der Waals surface area contributed by atoms with Gasteiger partial charge in [0.1, 0.15) is 6.54 Å². The number of carbonyl (C=O) groups excluding carboxylic acids is 1. The molecule has 1 amide bonds. The molecule has 1 N–H and O–H groups in total. The molecule has 19 heavy (non-hydrogen) atoms. The molecule has 1 unspecified atom stereocenters. The zero-order valence-electron chi connectivity index (χ0n) is 11.9. The van der Waals surface area contributed by atoms with Crippen molar-refractivity contribution in [3.63, 3.8) is 0 Å². The molecule has 0 fully saturated rings. The van der Waals surface area contributed by atoms with Crippen LogP contribution in [0, 0.1) is 0 Å². The maximum atomic E-state index is 12.1. The molecule has 0 aliphatic heterocycles. The molecule has 1 aliphatic carbocycles. The molecule has 106 valence electrons. The molecule has 0 aromatic carbocycles. The first kappa shape index (κ1) is 14.1. The highest BCUT2D eigenvalue weighted by Gasteiger charge is 2.19. The van der Waals surface area contributed by atoms with Crippen LogP contribution in [0.2, 0.25) is 0 Å². The lowest BCUT2D eigenvalue weighted by molar-refractivity contribution is -0.131. The van der Waals surface area contributed by atoms with Crippen LogP contribution in [-0.4, -0.2) is 33.6 Å². The van der Waals surface area contributed by atoms with E-state index in [4.69, 9.17) is 0 Å². The molecule has 1 aromatic heterocycles. The van der Waals surface area contributed by atoms with Crippen molar-refractivity contribution in [2.24, 2.45) is 0 Å². The van der Waals surface area contributed by atoms with E-state index < -0.39 is 0 Å². The number of aliphatic hydroxyl groups excluding tert-OH is 1. The Kier molecular flexibility index (Phi) is 4.64. The molecular weight excluding hydrogens is 240 g/mol. The van der Waals surface area contributed by atoms with Crippen molar-refractivity contribution < 1.29 is 9.90 Å². The van der Waals surface area contributed by atoms with Crippen molar-refractivity contribution in [2.45, 2.75) is 52.2 Å². The minimum Gasteiger partial charge on any atom is -0.388 e. The molecule has 1 aliphatic rings. The summed E-state index contributed by atoms with van der Waals surface area (Å²) in [5.41, 5.74) is 2.22. The minimum absolute atomic E-state index is 0.143. The van der Waals surface area contributed by atoms with Gasteiger partial charge in [-0.15, -0.1) is 0 Å². The largest absolute Gasteiger partial charge is 0.388 e. The van der Waals surface area contributed by atoms with Crippen molar-refractivity contribution in [3.8, 4) is 0 Å². The van der Waals surface area contributed by atoms with Crippen molar-refractivity contribution in [1.82, 2.24) is 9.47 Å². The van der Waals surface area contributed by atoms with Crippen LogP contribution in [-0.2, 0) is 17.8 Å². The molecule has 2 rings (SSSR count). The lowest BCUT2D eigenvalue weighted by Crippen LogP contribution is -2.33. The van der Waals surface area contributed by atoms with E-state index in [9.17, 15) is 9.90 Å². The predicted octanol–water partition coefficient (Wildman–Crippen LogP) is 2.12. The minimum atomic E-state index is -0.359. The number of amides is 1. The van der Waals surface area contributed by atoms with E-state index in [-0.39, 0.29) is 12.0 Å². The third kappa shape index (κ3) is 3.18. The highest BCUT2D eigenvalue weighted by atomic mass is 16.3. The van der Waals surface area contributed by atoms with Gasteiger partial charge in [0, 0.05) is 31.0 Å². The summed E-state index contributed by atoms with van der Waals surface area (Å²) in [6.45, 7) is 5.87. The fraction of sp³-hybridized carbons (Fsp3) is 0.667. The van der Waals surface area contributed by atoms with E-state index in [1.54, 1.807) is 0 Å². The number of aliphatic hydroxyl groups is 1. The third-order valence-electron chi connectivity index (χ3n) is 3.96. The Bertz CT molecular complexity index is 435. The van der Waals surface area contributed by atoms with Crippen LogP contribution >= 0.6 is 0 Å². The van der Waals surface area contributed by atoms with E-state index >= 15 is 0 Å².